The third kappa shape index (κ3) is 5.79. The molecule has 2 aromatic rings. The van der Waals surface area contributed by atoms with E-state index in [1.165, 1.54) is 0 Å². The van der Waals surface area contributed by atoms with Gasteiger partial charge in [-0.25, -0.2) is 8.42 Å². The second-order valence-electron chi connectivity index (χ2n) is 5.99. The summed E-state index contributed by atoms with van der Waals surface area (Å²) in [6.07, 6.45) is 1.08. The summed E-state index contributed by atoms with van der Waals surface area (Å²) in [6.45, 7) is 5.63. The second kappa shape index (κ2) is 7.57. The molecule has 0 aliphatic rings. The fourth-order valence-corrected chi connectivity index (χ4v) is 2.78. The summed E-state index contributed by atoms with van der Waals surface area (Å²) < 4.78 is 30.7. The van der Waals surface area contributed by atoms with Gasteiger partial charge in [0.15, 0.2) is 6.61 Å². The maximum Gasteiger partial charge on any atom is 0.262 e. The van der Waals surface area contributed by atoms with Crippen LogP contribution in [-0.4, -0.2) is 27.2 Å². The Hall–Kier alpha value is -2.54. The van der Waals surface area contributed by atoms with Crippen molar-refractivity contribution in [2.45, 2.75) is 20.8 Å². The molecule has 0 fully saturated rings. The van der Waals surface area contributed by atoms with Gasteiger partial charge in [0.05, 0.1) is 11.9 Å². The summed E-state index contributed by atoms with van der Waals surface area (Å²) in [6, 6.07) is 10.6. The molecule has 134 valence electrons. The van der Waals surface area contributed by atoms with Crippen LogP contribution in [-0.2, 0) is 14.8 Å². The molecule has 0 heterocycles. The maximum atomic E-state index is 12.0. The van der Waals surface area contributed by atoms with Gasteiger partial charge in [-0.15, -0.1) is 0 Å². The highest BCUT2D eigenvalue weighted by atomic mass is 32.2. The molecule has 0 saturated carbocycles. The first kappa shape index (κ1) is 18.8. The van der Waals surface area contributed by atoms with Crippen molar-refractivity contribution in [2.24, 2.45) is 0 Å². The molecule has 25 heavy (non-hydrogen) atoms. The molecule has 2 aromatic carbocycles. The minimum atomic E-state index is -3.39. The SMILES string of the molecule is Cc1ccc(OCC(=O)Nc2ccc(C)c(NS(C)(=O)=O)c2)cc1C. The van der Waals surface area contributed by atoms with E-state index in [2.05, 4.69) is 10.0 Å². The number of carbonyl (C=O) groups is 1. The molecule has 0 radical (unpaired) electrons. The van der Waals surface area contributed by atoms with Gasteiger partial charge in [0.1, 0.15) is 5.75 Å². The second-order valence-corrected chi connectivity index (χ2v) is 7.74. The van der Waals surface area contributed by atoms with Crippen molar-refractivity contribution in [1.82, 2.24) is 0 Å². The van der Waals surface area contributed by atoms with Crippen LogP contribution in [0.25, 0.3) is 0 Å². The Labute approximate surface area is 148 Å². The van der Waals surface area contributed by atoms with E-state index in [4.69, 9.17) is 4.74 Å². The third-order valence-electron chi connectivity index (χ3n) is 3.66. The predicted octanol–water partition coefficient (Wildman–Crippen LogP) is 3.00. The number of sulfonamides is 1. The van der Waals surface area contributed by atoms with Gasteiger partial charge in [-0.1, -0.05) is 12.1 Å². The smallest absolute Gasteiger partial charge is 0.262 e. The van der Waals surface area contributed by atoms with Crippen molar-refractivity contribution in [3.05, 3.63) is 53.1 Å². The van der Waals surface area contributed by atoms with E-state index in [9.17, 15) is 13.2 Å². The minimum Gasteiger partial charge on any atom is -0.484 e. The van der Waals surface area contributed by atoms with Crippen LogP contribution in [0, 0.1) is 20.8 Å². The topological polar surface area (TPSA) is 84.5 Å². The lowest BCUT2D eigenvalue weighted by molar-refractivity contribution is -0.118. The number of rotatable bonds is 6. The van der Waals surface area contributed by atoms with Crippen LogP contribution in [0.2, 0.25) is 0 Å². The lowest BCUT2D eigenvalue weighted by atomic mass is 10.1. The number of anilines is 2. The summed E-state index contributed by atoms with van der Waals surface area (Å²) in [5, 5.41) is 2.69. The largest absolute Gasteiger partial charge is 0.484 e. The summed E-state index contributed by atoms with van der Waals surface area (Å²) in [7, 11) is -3.39. The molecule has 1 amide bonds. The van der Waals surface area contributed by atoms with Crippen LogP contribution in [0.5, 0.6) is 5.75 Å². The zero-order valence-electron chi connectivity index (χ0n) is 14.7. The highest BCUT2D eigenvalue weighted by Gasteiger charge is 2.09. The highest BCUT2D eigenvalue weighted by Crippen LogP contribution is 2.21. The lowest BCUT2D eigenvalue weighted by Gasteiger charge is -2.12. The van der Waals surface area contributed by atoms with Gasteiger partial charge in [0.2, 0.25) is 10.0 Å². The number of hydrogen-bond acceptors (Lipinski definition) is 4. The molecule has 0 spiro atoms. The van der Waals surface area contributed by atoms with E-state index in [0.717, 1.165) is 22.9 Å². The molecular formula is C18H22N2O4S. The number of carbonyl (C=O) groups excluding carboxylic acids is 1. The van der Waals surface area contributed by atoms with Gasteiger partial charge < -0.3 is 10.1 Å². The Morgan fingerprint density at radius 3 is 2.32 bits per heavy atom. The Morgan fingerprint density at radius 2 is 1.68 bits per heavy atom. The number of benzene rings is 2. The quantitative estimate of drug-likeness (QED) is 0.827. The Kier molecular flexibility index (Phi) is 5.69. The zero-order valence-corrected chi connectivity index (χ0v) is 15.5. The van der Waals surface area contributed by atoms with E-state index >= 15 is 0 Å². The van der Waals surface area contributed by atoms with E-state index < -0.39 is 10.0 Å². The molecule has 2 N–H and O–H groups in total. The normalized spacial score (nSPS) is 11.0. The van der Waals surface area contributed by atoms with Gasteiger partial charge in [-0.3, -0.25) is 9.52 Å². The van der Waals surface area contributed by atoms with Crippen molar-refractivity contribution in [2.75, 3.05) is 22.9 Å². The molecule has 7 heteroatoms. The minimum absolute atomic E-state index is 0.134. The fraction of sp³-hybridized carbons (Fsp3) is 0.278. The highest BCUT2D eigenvalue weighted by molar-refractivity contribution is 7.92. The van der Waals surface area contributed by atoms with Gasteiger partial charge in [0, 0.05) is 5.69 Å². The van der Waals surface area contributed by atoms with Crippen LogP contribution in [0.4, 0.5) is 11.4 Å². The molecule has 0 aromatic heterocycles. The Bertz CT molecular complexity index is 892. The third-order valence-corrected chi connectivity index (χ3v) is 4.26. The van der Waals surface area contributed by atoms with Crippen molar-refractivity contribution < 1.29 is 17.9 Å². The van der Waals surface area contributed by atoms with Crippen molar-refractivity contribution in [3.8, 4) is 5.75 Å². The van der Waals surface area contributed by atoms with E-state index in [1.54, 1.807) is 25.1 Å². The molecule has 6 nitrogen and oxygen atoms in total. The van der Waals surface area contributed by atoms with E-state index in [0.29, 0.717) is 17.1 Å². The monoisotopic (exact) mass is 362 g/mol. The van der Waals surface area contributed by atoms with E-state index in [1.807, 2.05) is 32.0 Å². The number of amides is 1. The van der Waals surface area contributed by atoms with Gasteiger partial charge in [-0.2, -0.15) is 0 Å². The summed E-state index contributed by atoms with van der Waals surface area (Å²) in [5.41, 5.74) is 3.92. The molecule has 0 aliphatic heterocycles. The van der Waals surface area contributed by atoms with Crippen molar-refractivity contribution in [3.63, 3.8) is 0 Å². The standard InChI is InChI=1S/C18H22N2O4S/c1-12-6-8-16(9-14(12)3)24-11-18(21)19-15-7-5-13(2)17(10-15)20-25(4,22)23/h5-10,20H,11H2,1-4H3,(H,19,21). The van der Waals surface area contributed by atoms with Gasteiger partial charge in [0.25, 0.3) is 5.91 Å². The average molecular weight is 362 g/mol. The van der Waals surface area contributed by atoms with Crippen LogP contribution < -0.4 is 14.8 Å². The molecule has 0 bridgehead atoms. The number of hydrogen-bond donors (Lipinski definition) is 2. The molecule has 0 saturated heterocycles. The molecule has 0 aliphatic carbocycles. The number of aryl methyl sites for hydroxylation is 3. The molecule has 0 atom stereocenters. The van der Waals surface area contributed by atoms with Gasteiger partial charge in [-0.05, 0) is 61.7 Å². The molecule has 2 rings (SSSR count). The number of ether oxygens (including phenoxy) is 1. The predicted molar refractivity (Wildman–Crippen MR) is 99.7 cm³/mol. The summed E-state index contributed by atoms with van der Waals surface area (Å²) in [4.78, 5) is 12.0. The zero-order chi connectivity index (χ0) is 18.6. The van der Waals surface area contributed by atoms with Crippen LogP contribution in [0.15, 0.2) is 36.4 Å². The lowest BCUT2D eigenvalue weighted by Crippen LogP contribution is -2.20. The molecule has 0 unspecified atom stereocenters. The van der Waals surface area contributed by atoms with Crippen LogP contribution >= 0.6 is 0 Å². The summed E-state index contributed by atoms with van der Waals surface area (Å²) in [5.74, 6) is 0.300. The molecular weight excluding hydrogens is 340 g/mol. The van der Waals surface area contributed by atoms with Gasteiger partial charge >= 0.3 is 0 Å². The van der Waals surface area contributed by atoms with Crippen LogP contribution in [0.3, 0.4) is 0 Å². The van der Waals surface area contributed by atoms with E-state index in [-0.39, 0.29) is 12.5 Å². The van der Waals surface area contributed by atoms with Crippen molar-refractivity contribution in [1.29, 1.82) is 0 Å². The summed E-state index contributed by atoms with van der Waals surface area (Å²) >= 11 is 0. The first-order chi connectivity index (χ1) is 11.6. The fourth-order valence-electron chi connectivity index (χ4n) is 2.16. The van der Waals surface area contributed by atoms with Crippen LogP contribution in [0.1, 0.15) is 16.7 Å². The maximum absolute atomic E-state index is 12.0. The Balaban J connectivity index is 2.00. The average Bonchev–Trinajstić information content (AvgIpc) is 2.50. The first-order valence-corrected chi connectivity index (χ1v) is 9.61. The van der Waals surface area contributed by atoms with Crippen molar-refractivity contribution >= 4 is 27.3 Å². The first-order valence-electron chi connectivity index (χ1n) is 7.72. The number of nitrogens with one attached hydrogen (secondary N) is 2. The Morgan fingerprint density at radius 1 is 1.00 bits per heavy atom.